The maximum absolute atomic E-state index is 15.4. The van der Waals surface area contributed by atoms with Gasteiger partial charge in [0.05, 0.1) is 33.1 Å². The van der Waals surface area contributed by atoms with Crippen molar-refractivity contribution < 1.29 is 17.6 Å². The molecular formula is C27H4F4N10. The number of rotatable bonds is 1. The first-order valence-corrected chi connectivity index (χ1v) is 11.1. The Morgan fingerprint density at radius 1 is 0.488 bits per heavy atom. The Morgan fingerprint density at radius 2 is 0.829 bits per heavy atom. The summed E-state index contributed by atoms with van der Waals surface area (Å²) in [5.41, 5.74) is -3.79. The average Bonchev–Trinajstić information content (AvgIpc) is 3.28. The van der Waals surface area contributed by atoms with E-state index in [9.17, 15) is 29.8 Å². The van der Waals surface area contributed by atoms with Crippen molar-refractivity contribution >= 4 is 43.9 Å². The Hall–Kier alpha value is -6.69. The number of aromatic nitrogens is 5. The largest absolute Gasteiger partial charge is 0.304 e. The summed E-state index contributed by atoms with van der Waals surface area (Å²) in [4.78, 5) is 16.5. The Morgan fingerprint density at radius 3 is 1.15 bits per heavy atom. The minimum Gasteiger partial charge on any atom is -0.304 e. The highest BCUT2D eigenvalue weighted by Crippen LogP contribution is 2.39. The van der Waals surface area contributed by atoms with E-state index in [4.69, 9.17) is 5.26 Å². The van der Waals surface area contributed by atoms with Crippen LogP contribution >= 0.6 is 0 Å². The van der Waals surface area contributed by atoms with Gasteiger partial charge in [0.25, 0.3) is 0 Å². The molecule has 190 valence electrons. The van der Waals surface area contributed by atoms with Gasteiger partial charge < -0.3 is 4.57 Å². The van der Waals surface area contributed by atoms with Crippen LogP contribution in [0.4, 0.5) is 17.6 Å². The lowest BCUT2D eigenvalue weighted by Gasteiger charge is -2.13. The van der Waals surface area contributed by atoms with Crippen LogP contribution in [-0.4, -0.2) is 24.5 Å². The van der Waals surface area contributed by atoms with Gasteiger partial charge in [0.1, 0.15) is 41.6 Å². The highest BCUT2D eigenvalue weighted by Gasteiger charge is 2.29. The number of hydrogen-bond acceptors (Lipinski definition) is 9. The molecule has 0 aliphatic carbocycles. The van der Waals surface area contributed by atoms with E-state index in [2.05, 4.69) is 19.9 Å². The predicted octanol–water partition coefficient (Wildman–Crippen LogP) is 4.58. The number of benzene rings is 3. The molecule has 0 aliphatic rings. The maximum atomic E-state index is 15.4. The van der Waals surface area contributed by atoms with Crippen LogP contribution in [0.1, 0.15) is 28.3 Å². The molecule has 6 aromatic rings. The Bertz CT molecular complexity index is 2270. The number of halogens is 4. The number of hydrogen-bond donors (Lipinski definition) is 0. The lowest BCUT2D eigenvalue weighted by Crippen LogP contribution is -2.09. The normalized spacial score (nSPS) is 10.8. The minimum atomic E-state index is -1.92. The molecule has 41 heavy (non-hydrogen) atoms. The second-order valence-electron chi connectivity index (χ2n) is 8.43. The fourth-order valence-electron chi connectivity index (χ4n) is 4.58. The van der Waals surface area contributed by atoms with Crippen LogP contribution in [0.3, 0.4) is 0 Å². The minimum absolute atomic E-state index is 0.00634. The van der Waals surface area contributed by atoms with E-state index in [1.807, 2.05) is 0 Å². The summed E-state index contributed by atoms with van der Waals surface area (Å²) in [6.45, 7) is 0. The van der Waals surface area contributed by atoms with E-state index in [-0.39, 0.29) is 66.6 Å². The molecule has 0 unspecified atom stereocenters. The highest BCUT2D eigenvalue weighted by molar-refractivity contribution is 6.15. The van der Waals surface area contributed by atoms with E-state index in [0.29, 0.717) is 0 Å². The van der Waals surface area contributed by atoms with Crippen molar-refractivity contribution in [1.82, 2.24) is 24.5 Å². The van der Waals surface area contributed by atoms with Crippen molar-refractivity contribution in [2.75, 3.05) is 0 Å². The van der Waals surface area contributed by atoms with Crippen LogP contribution in [-0.2, 0) is 0 Å². The average molecular weight is 544 g/mol. The number of nitrogens with zero attached hydrogens (tertiary/aromatic N) is 10. The molecule has 0 fully saturated rings. The summed E-state index contributed by atoms with van der Waals surface area (Å²) >= 11 is 0. The van der Waals surface area contributed by atoms with E-state index >= 15 is 8.78 Å². The third-order valence-corrected chi connectivity index (χ3v) is 6.33. The molecule has 0 bridgehead atoms. The molecule has 0 radical (unpaired) electrons. The van der Waals surface area contributed by atoms with Crippen LogP contribution in [0, 0.1) is 79.9 Å². The summed E-state index contributed by atoms with van der Waals surface area (Å²) < 4.78 is 61.2. The van der Waals surface area contributed by atoms with Crippen molar-refractivity contribution in [3.63, 3.8) is 0 Å². The molecule has 0 N–H and O–H groups in total. The molecular weight excluding hydrogens is 540 g/mol. The molecule has 0 aliphatic heterocycles. The van der Waals surface area contributed by atoms with Gasteiger partial charge in [-0.25, -0.2) is 37.5 Å². The fraction of sp³-hybridized carbons (Fsp3) is 0. The van der Waals surface area contributed by atoms with Crippen molar-refractivity contribution in [3.8, 4) is 36.0 Å². The monoisotopic (exact) mass is 544 g/mol. The summed E-state index contributed by atoms with van der Waals surface area (Å²) in [6, 6.07) is 13.3. The molecule has 14 heteroatoms. The van der Waals surface area contributed by atoms with Crippen LogP contribution < -0.4 is 0 Å². The van der Waals surface area contributed by atoms with Gasteiger partial charge in [-0.05, 0) is 24.3 Å². The third-order valence-electron chi connectivity index (χ3n) is 6.33. The second kappa shape index (κ2) is 8.68. The van der Waals surface area contributed by atoms with Gasteiger partial charge in [-0.3, -0.25) is 0 Å². The smallest absolute Gasteiger partial charge is 0.187 e. The SMILES string of the molecule is N#Cc1nc2cc3c4cc5nc(C#N)c(C#N)nc5cc4n(-c4c(F)c(F)c(C#N)c(F)c4F)c3cc2nc1C#N. The van der Waals surface area contributed by atoms with Crippen LogP contribution in [0.15, 0.2) is 24.3 Å². The molecule has 3 aromatic carbocycles. The van der Waals surface area contributed by atoms with E-state index < -0.39 is 34.5 Å². The second-order valence-corrected chi connectivity index (χ2v) is 8.43. The van der Waals surface area contributed by atoms with E-state index in [1.165, 1.54) is 24.3 Å². The Kier molecular flexibility index (Phi) is 5.21. The first-order chi connectivity index (χ1) is 19.8. The number of nitriles is 5. The zero-order valence-electron chi connectivity index (χ0n) is 19.8. The Balaban J connectivity index is 1.88. The van der Waals surface area contributed by atoms with Crippen molar-refractivity contribution in [1.29, 1.82) is 26.3 Å². The maximum Gasteiger partial charge on any atom is 0.187 e. The van der Waals surface area contributed by atoms with Crippen molar-refractivity contribution in [2.24, 2.45) is 0 Å². The molecule has 0 spiro atoms. The van der Waals surface area contributed by atoms with Crippen LogP contribution in [0.2, 0.25) is 0 Å². The quantitative estimate of drug-likeness (QED) is 0.212. The van der Waals surface area contributed by atoms with Gasteiger partial charge in [0, 0.05) is 10.8 Å². The lowest BCUT2D eigenvalue weighted by molar-refractivity contribution is 0.446. The molecule has 0 saturated carbocycles. The third kappa shape index (κ3) is 3.31. The first-order valence-electron chi connectivity index (χ1n) is 11.1. The van der Waals surface area contributed by atoms with Crippen LogP contribution in [0.5, 0.6) is 0 Å². The van der Waals surface area contributed by atoms with Crippen LogP contribution in [0.25, 0.3) is 49.6 Å². The molecule has 0 saturated heterocycles. The molecule has 6 rings (SSSR count). The van der Waals surface area contributed by atoms with Gasteiger partial charge in [-0.2, -0.15) is 26.3 Å². The van der Waals surface area contributed by atoms with Crippen molar-refractivity contribution in [2.45, 2.75) is 0 Å². The fourth-order valence-corrected chi connectivity index (χ4v) is 4.58. The summed E-state index contributed by atoms with van der Waals surface area (Å²) in [5, 5.41) is 46.9. The molecule has 3 aromatic heterocycles. The Labute approximate surface area is 224 Å². The lowest BCUT2D eigenvalue weighted by atomic mass is 10.1. The van der Waals surface area contributed by atoms with Crippen molar-refractivity contribution in [3.05, 3.63) is 75.9 Å². The molecule has 3 heterocycles. The zero-order chi connectivity index (χ0) is 29.2. The molecule has 0 amide bonds. The van der Waals surface area contributed by atoms with Gasteiger partial charge in [-0.1, -0.05) is 0 Å². The zero-order valence-corrected chi connectivity index (χ0v) is 19.8. The van der Waals surface area contributed by atoms with Gasteiger partial charge in [0.15, 0.2) is 46.0 Å². The van der Waals surface area contributed by atoms with E-state index in [0.717, 1.165) is 10.6 Å². The summed E-state index contributed by atoms with van der Waals surface area (Å²) in [5.74, 6) is -7.58. The molecule has 10 nitrogen and oxygen atoms in total. The topological polar surface area (TPSA) is 175 Å². The van der Waals surface area contributed by atoms with Gasteiger partial charge in [-0.15, -0.1) is 0 Å². The summed E-state index contributed by atoms with van der Waals surface area (Å²) in [6.07, 6.45) is 0. The first kappa shape index (κ1) is 24.6. The van der Waals surface area contributed by atoms with Gasteiger partial charge >= 0.3 is 0 Å². The standard InChI is InChI=1S/C27H4F4N10/c28-23-12(5-32)24(29)26(31)27(25(23)30)41-21-3-15-13(37-17(6-33)19(8-35)39-15)1-10(21)11-2-14-16(4-22(11)41)40-20(9-36)18(7-34)38-14/h1-4H. The molecule has 0 atom stereocenters. The van der Waals surface area contributed by atoms with E-state index in [1.54, 1.807) is 24.3 Å². The highest BCUT2D eigenvalue weighted by atomic mass is 19.2. The predicted molar refractivity (Wildman–Crippen MR) is 130 cm³/mol. The summed E-state index contributed by atoms with van der Waals surface area (Å²) in [7, 11) is 0. The van der Waals surface area contributed by atoms with Gasteiger partial charge in [0.2, 0.25) is 0 Å². The number of fused-ring (bicyclic) bond motifs is 5.